The molecule has 5 heteroatoms. The highest BCUT2D eigenvalue weighted by Crippen LogP contribution is 2.26. The van der Waals surface area contributed by atoms with Crippen molar-refractivity contribution in [3.8, 4) is 0 Å². The molecule has 0 aromatic carbocycles. The number of carbonyl (C=O) groups is 2. The van der Waals surface area contributed by atoms with Crippen molar-refractivity contribution in [3.63, 3.8) is 0 Å². The first-order valence-corrected chi connectivity index (χ1v) is 5.76. The molecule has 0 aromatic rings. The standard InChI is InChI=1S/C12H23NO4/c1-6-8(7-17-5)13-10(14)9(11(15)16)12(2,3)4/h8-9H,6-7H2,1-5H3,(H,13,14)(H,15,16). The van der Waals surface area contributed by atoms with Gasteiger partial charge in [0, 0.05) is 7.11 Å². The molecule has 0 saturated heterocycles. The van der Waals surface area contributed by atoms with Crippen LogP contribution in [-0.2, 0) is 14.3 Å². The topological polar surface area (TPSA) is 75.6 Å². The average molecular weight is 245 g/mol. The number of hydrogen-bond donors (Lipinski definition) is 2. The molecule has 0 bridgehead atoms. The van der Waals surface area contributed by atoms with E-state index < -0.39 is 23.2 Å². The van der Waals surface area contributed by atoms with Crippen molar-refractivity contribution >= 4 is 11.9 Å². The maximum absolute atomic E-state index is 11.9. The number of rotatable bonds is 6. The number of methoxy groups -OCH3 is 1. The van der Waals surface area contributed by atoms with E-state index in [1.165, 1.54) is 0 Å². The summed E-state index contributed by atoms with van der Waals surface area (Å²) in [7, 11) is 1.55. The molecular weight excluding hydrogens is 222 g/mol. The summed E-state index contributed by atoms with van der Waals surface area (Å²) >= 11 is 0. The summed E-state index contributed by atoms with van der Waals surface area (Å²) in [5.74, 6) is -2.59. The lowest BCUT2D eigenvalue weighted by molar-refractivity contribution is -0.151. The fourth-order valence-corrected chi connectivity index (χ4v) is 1.62. The van der Waals surface area contributed by atoms with Crippen LogP contribution in [-0.4, -0.2) is 36.7 Å². The second kappa shape index (κ2) is 6.59. The van der Waals surface area contributed by atoms with E-state index in [0.717, 1.165) is 0 Å². The smallest absolute Gasteiger partial charge is 0.316 e. The largest absolute Gasteiger partial charge is 0.481 e. The maximum atomic E-state index is 11.9. The van der Waals surface area contributed by atoms with Gasteiger partial charge in [-0.05, 0) is 11.8 Å². The SMILES string of the molecule is CCC(COC)NC(=O)C(C(=O)O)C(C)(C)C. The van der Waals surface area contributed by atoms with E-state index in [9.17, 15) is 9.59 Å². The fraction of sp³-hybridized carbons (Fsp3) is 0.833. The molecule has 0 saturated carbocycles. The highest BCUT2D eigenvalue weighted by molar-refractivity contribution is 5.97. The summed E-state index contributed by atoms with van der Waals surface area (Å²) < 4.78 is 4.96. The van der Waals surface area contributed by atoms with Gasteiger partial charge in [0.05, 0.1) is 12.6 Å². The molecule has 0 aliphatic carbocycles. The van der Waals surface area contributed by atoms with E-state index in [4.69, 9.17) is 9.84 Å². The summed E-state index contributed by atoms with van der Waals surface area (Å²) in [5, 5.41) is 11.8. The van der Waals surface area contributed by atoms with Crippen molar-refractivity contribution in [1.29, 1.82) is 0 Å². The van der Waals surface area contributed by atoms with Crippen LogP contribution in [0.15, 0.2) is 0 Å². The van der Waals surface area contributed by atoms with Gasteiger partial charge in [0.2, 0.25) is 5.91 Å². The van der Waals surface area contributed by atoms with Gasteiger partial charge in [0.1, 0.15) is 5.92 Å². The highest BCUT2D eigenvalue weighted by atomic mass is 16.5. The zero-order valence-corrected chi connectivity index (χ0v) is 11.2. The number of carboxylic acids is 1. The molecular formula is C12H23NO4. The Morgan fingerprint density at radius 3 is 2.18 bits per heavy atom. The van der Waals surface area contributed by atoms with Crippen molar-refractivity contribution < 1.29 is 19.4 Å². The van der Waals surface area contributed by atoms with Crippen LogP contribution in [0.25, 0.3) is 0 Å². The minimum atomic E-state index is -1.10. The summed E-state index contributed by atoms with van der Waals surface area (Å²) in [4.78, 5) is 23.1. The molecule has 17 heavy (non-hydrogen) atoms. The molecule has 0 aliphatic rings. The van der Waals surface area contributed by atoms with Gasteiger partial charge in [-0.1, -0.05) is 27.7 Å². The monoisotopic (exact) mass is 245 g/mol. The lowest BCUT2D eigenvalue weighted by Gasteiger charge is -2.27. The van der Waals surface area contributed by atoms with Crippen LogP contribution in [0.3, 0.4) is 0 Å². The van der Waals surface area contributed by atoms with Crippen LogP contribution < -0.4 is 5.32 Å². The number of ether oxygens (including phenoxy) is 1. The zero-order valence-electron chi connectivity index (χ0n) is 11.2. The molecule has 2 N–H and O–H groups in total. The third-order valence-electron chi connectivity index (χ3n) is 2.58. The van der Waals surface area contributed by atoms with Crippen LogP contribution in [0.5, 0.6) is 0 Å². The van der Waals surface area contributed by atoms with Gasteiger partial charge in [-0.2, -0.15) is 0 Å². The van der Waals surface area contributed by atoms with E-state index in [1.807, 2.05) is 6.92 Å². The zero-order chi connectivity index (χ0) is 13.6. The Kier molecular flexibility index (Phi) is 6.16. The number of carbonyl (C=O) groups excluding carboxylic acids is 1. The Hall–Kier alpha value is -1.10. The summed E-state index contributed by atoms with van der Waals surface area (Å²) in [6.07, 6.45) is 0.704. The van der Waals surface area contributed by atoms with Gasteiger partial charge in [0.15, 0.2) is 0 Å². The molecule has 2 atom stereocenters. The van der Waals surface area contributed by atoms with Gasteiger partial charge < -0.3 is 15.2 Å². The van der Waals surface area contributed by atoms with E-state index in [0.29, 0.717) is 13.0 Å². The van der Waals surface area contributed by atoms with E-state index in [2.05, 4.69) is 5.32 Å². The molecule has 100 valence electrons. The quantitative estimate of drug-likeness (QED) is 0.691. The first-order valence-electron chi connectivity index (χ1n) is 5.76. The van der Waals surface area contributed by atoms with Crippen LogP contribution in [0.4, 0.5) is 0 Å². The Bertz CT molecular complexity index is 270. The lowest BCUT2D eigenvalue weighted by atomic mass is 9.80. The minimum absolute atomic E-state index is 0.142. The summed E-state index contributed by atoms with van der Waals surface area (Å²) in [6.45, 7) is 7.52. The molecule has 5 nitrogen and oxygen atoms in total. The molecule has 2 unspecified atom stereocenters. The Morgan fingerprint density at radius 1 is 1.35 bits per heavy atom. The summed E-state index contributed by atoms with van der Waals surface area (Å²) in [5.41, 5.74) is -0.610. The molecule has 0 rings (SSSR count). The van der Waals surface area contributed by atoms with E-state index in [-0.39, 0.29) is 6.04 Å². The van der Waals surface area contributed by atoms with Crippen LogP contribution in [0.2, 0.25) is 0 Å². The highest BCUT2D eigenvalue weighted by Gasteiger charge is 2.38. The third kappa shape index (κ3) is 5.17. The molecule has 0 aromatic heterocycles. The predicted octanol–water partition coefficient (Wildman–Crippen LogP) is 1.27. The van der Waals surface area contributed by atoms with Gasteiger partial charge >= 0.3 is 5.97 Å². The number of amides is 1. The molecule has 0 fully saturated rings. The number of aliphatic carboxylic acids is 1. The van der Waals surface area contributed by atoms with E-state index >= 15 is 0 Å². The maximum Gasteiger partial charge on any atom is 0.316 e. The first-order chi connectivity index (χ1) is 7.73. The van der Waals surface area contributed by atoms with Gasteiger partial charge in [-0.25, -0.2) is 0 Å². The van der Waals surface area contributed by atoms with Crippen LogP contribution in [0, 0.1) is 11.3 Å². The Morgan fingerprint density at radius 2 is 1.88 bits per heavy atom. The van der Waals surface area contributed by atoms with Gasteiger partial charge in [-0.15, -0.1) is 0 Å². The van der Waals surface area contributed by atoms with E-state index in [1.54, 1.807) is 27.9 Å². The molecule has 0 spiro atoms. The molecule has 0 radical (unpaired) electrons. The van der Waals surface area contributed by atoms with Gasteiger partial charge in [0.25, 0.3) is 0 Å². The molecule has 0 aliphatic heterocycles. The van der Waals surface area contributed by atoms with Crippen molar-refractivity contribution in [2.75, 3.05) is 13.7 Å². The molecule has 1 amide bonds. The Labute approximate surface area is 103 Å². The second-order valence-electron chi connectivity index (χ2n) is 5.21. The number of hydrogen-bond acceptors (Lipinski definition) is 3. The average Bonchev–Trinajstić information content (AvgIpc) is 2.13. The summed E-state index contributed by atoms with van der Waals surface area (Å²) in [6, 6.07) is -0.142. The first kappa shape index (κ1) is 15.9. The minimum Gasteiger partial charge on any atom is -0.481 e. The number of nitrogens with one attached hydrogen (secondary N) is 1. The normalized spacial score (nSPS) is 15.1. The van der Waals surface area contributed by atoms with Crippen molar-refractivity contribution in [3.05, 3.63) is 0 Å². The predicted molar refractivity (Wildman–Crippen MR) is 64.7 cm³/mol. The Balaban J connectivity index is 4.69. The van der Waals surface area contributed by atoms with Crippen molar-refractivity contribution in [2.24, 2.45) is 11.3 Å². The van der Waals surface area contributed by atoms with Crippen LogP contribution >= 0.6 is 0 Å². The third-order valence-corrected chi connectivity index (χ3v) is 2.58. The second-order valence-corrected chi connectivity index (χ2v) is 5.21. The van der Waals surface area contributed by atoms with Crippen LogP contribution in [0.1, 0.15) is 34.1 Å². The fourth-order valence-electron chi connectivity index (χ4n) is 1.62. The number of carboxylic acid groups (broad SMARTS) is 1. The van der Waals surface area contributed by atoms with Crippen molar-refractivity contribution in [1.82, 2.24) is 5.32 Å². The van der Waals surface area contributed by atoms with Crippen molar-refractivity contribution in [2.45, 2.75) is 40.2 Å². The lowest BCUT2D eigenvalue weighted by Crippen LogP contribution is -2.47. The van der Waals surface area contributed by atoms with Gasteiger partial charge in [-0.3, -0.25) is 9.59 Å². The molecule has 0 heterocycles.